The summed E-state index contributed by atoms with van der Waals surface area (Å²) in [7, 11) is 1.39. The first-order chi connectivity index (χ1) is 16.9. The lowest BCUT2D eigenvalue weighted by atomic mass is 9.95. The molecule has 1 atom stereocenters. The molecular weight excluding hydrogens is 489 g/mol. The number of ketones is 1. The molecule has 0 saturated carbocycles. The van der Waals surface area contributed by atoms with Crippen LogP contribution in [0.5, 0.6) is 11.5 Å². The van der Waals surface area contributed by atoms with E-state index in [1.807, 2.05) is 13.0 Å². The predicted octanol–water partition coefficient (Wildman–Crippen LogP) is 6.42. The topological polar surface area (TPSA) is 76.1 Å². The monoisotopic (exact) mass is 511 g/mol. The molecule has 1 N–H and O–H groups in total. The third-order valence-corrected chi connectivity index (χ3v) is 6.09. The number of methoxy groups -OCH3 is 1. The van der Waals surface area contributed by atoms with Gasteiger partial charge in [-0.15, -0.1) is 0 Å². The summed E-state index contributed by atoms with van der Waals surface area (Å²) in [5.41, 5.74) is 1.12. The van der Waals surface area contributed by atoms with Gasteiger partial charge in [0.05, 0.1) is 35.9 Å². The fraction of sp³-hybridized carbons (Fsp3) is 0.185. The maximum atomic E-state index is 13.4. The van der Waals surface area contributed by atoms with Crippen LogP contribution >= 0.6 is 23.2 Å². The summed E-state index contributed by atoms with van der Waals surface area (Å²) in [5, 5.41) is 11.8. The highest BCUT2D eigenvalue weighted by atomic mass is 35.5. The number of hydrogen-bond donors (Lipinski definition) is 1. The van der Waals surface area contributed by atoms with Crippen molar-refractivity contribution in [2.24, 2.45) is 0 Å². The van der Waals surface area contributed by atoms with Gasteiger partial charge in [0.1, 0.15) is 17.3 Å². The number of halogens is 2. The molecule has 180 valence electrons. The molecule has 4 rings (SSSR count). The van der Waals surface area contributed by atoms with Crippen molar-refractivity contribution in [1.82, 2.24) is 0 Å². The normalized spacial score (nSPS) is 17.0. The highest BCUT2D eigenvalue weighted by Crippen LogP contribution is 2.45. The number of Topliss-reactive ketones (excluding diaryl/α,β-unsaturated/α-hetero) is 1. The van der Waals surface area contributed by atoms with Gasteiger partial charge in [0.2, 0.25) is 0 Å². The van der Waals surface area contributed by atoms with Gasteiger partial charge in [0, 0.05) is 16.8 Å². The van der Waals surface area contributed by atoms with Gasteiger partial charge in [-0.05, 0) is 36.2 Å². The number of rotatable bonds is 7. The minimum Gasteiger partial charge on any atom is -0.507 e. The Morgan fingerprint density at radius 3 is 2.46 bits per heavy atom. The molecule has 1 aliphatic rings. The van der Waals surface area contributed by atoms with Crippen LogP contribution in [0, 0.1) is 0 Å². The second kappa shape index (κ2) is 10.4. The fourth-order valence-electron chi connectivity index (χ4n) is 4.08. The number of anilines is 1. The number of carbonyl (C=O) groups excluding carboxylic acids is 2. The highest BCUT2D eigenvalue weighted by Gasteiger charge is 2.47. The Morgan fingerprint density at radius 2 is 1.77 bits per heavy atom. The molecule has 35 heavy (non-hydrogen) atoms. The van der Waals surface area contributed by atoms with Crippen LogP contribution in [0.4, 0.5) is 5.69 Å². The van der Waals surface area contributed by atoms with Crippen molar-refractivity contribution in [2.45, 2.75) is 19.4 Å². The quantitative estimate of drug-likeness (QED) is 0.225. The number of hydrogen-bond acceptors (Lipinski definition) is 5. The van der Waals surface area contributed by atoms with Crippen LogP contribution in [0.1, 0.15) is 30.5 Å². The minimum absolute atomic E-state index is 0.0993. The van der Waals surface area contributed by atoms with E-state index in [9.17, 15) is 14.7 Å². The summed E-state index contributed by atoms with van der Waals surface area (Å²) in [6.07, 6.45) is 0.822. The van der Waals surface area contributed by atoms with E-state index in [0.29, 0.717) is 23.6 Å². The van der Waals surface area contributed by atoms with Gasteiger partial charge in [0.25, 0.3) is 11.7 Å². The van der Waals surface area contributed by atoms with E-state index in [-0.39, 0.29) is 26.9 Å². The fourth-order valence-corrected chi connectivity index (χ4v) is 4.65. The summed E-state index contributed by atoms with van der Waals surface area (Å²) >= 11 is 12.5. The Bertz CT molecular complexity index is 1310. The molecule has 1 saturated heterocycles. The van der Waals surface area contributed by atoms with Crippen LogP contribution in [-0.2, 0) is 9.59 Å². The lowest BCUT2D eigenvalue weighted by Crippen LogP contribution is -2.29. The Balaban J connectivity index is 1.94. The van der Waals surface area contributed by atoms with Gasteiger partial charge in [-0.1, -0.05) is 66.5 Å². The Hall–Kier alpha value is -3.48. The lowest BCUT2D eigenvalue weighted by molar-refractivity contribution is -0.132. The zero-order chi connectivity index (χ0) is 25.1. The van der Waals surface area contributed by atoms with E-state index in [0.717, 1.165) is 6.42 Å². The average Bonchev–Trinajstić information content (AvgIpc) is 3.13. The van der Waals surface area contributed by atoms with Crippen molar-refractivity contribution >= 4 is 46.3 Å². The molecule has 1 heterocycles. The van der Waals surface area contributed by atoms with Gasteiger partial charge in [0.15, 0.2) is 0 Å². The van der Waals surface area contributed by atoms with Gasteiger partial charge >= 0.3 is 0 Å². The molecule has 0 bridgehead atoms. The van der Waals surface area contributed by atoms with Gasteiger partial charge in [-0.25, -0.2) is 0 Å². The molecule has 1 aliphatic heterocycles. The lowest BCUT2D eigenvalue weighted by Gasteiger charge is -2.26. The van der Waals surface area contributed by atoms with E-state index < -0.39 is 23.5 Å². The molecule has 0 radical (unpaired) electrons. The van der Waals surface area contributed by atoms with E-state index in [1.165, 1.54) is 24.1 Å². The minimum atomic E-state index is -0.903. The molecule has 8 heteroatoms. The smallest absolute Gasteiger partial charge is 0.300 e. The number of aliphatic hydroxyl groups is 1. The maximum absolute atomic E-state index is 13.4. The van der Waals surface area contributed by atoms with Crippen LogP contribution < -0.4 is 14.4 Å². The molecule has 1 amide bonds. The Kier molecular flexibility index (Phi) is 7.34. The van der Waals surface area contributed by atoms with Crippen molar-refractivity contribution in [3.63, 3.8) is 0 Å². The molecule has 3 aromatic rings. The van der Waals surface area contributed by atoms with E-state index >= 15 is 0 Å². The van der Waals surface area contributed by atoms with E-state index in [2.05, 4.69) is 0 Å². The molecule has 0 aromatic heterocycles. The van der Waals surface area contributed by atoms with E-state index in [1.54, 1.807) is 48.5 Å². The van der Waals surface area contributed by atoms with Gasteiger partial charge in [-0.3, -0.25) is 14.5 Å². The number of carbonyl (C=O) groups is 2. The average molecular weight is 512 g/mol. The van der Waals surface area contributed by atoms with Gasteiger partial charge in [-0.2, -0.15) is 0 Å². The number of benzene rings is 3. The van der Waals surface area contributed by atoms with Crippen molar-refractivity contribution in [1.29, 1.82) is 0 Å². The highest BCUT2D eigenvalue weighted by molar-refractivity contribution is 6.52. The number of nitrogens with zero attached hydrogens (tertiary/aromatic N) is 1. The molecule has 0 spiro atoms. The Labute approximate surface area is 213 Å². The van der Waals surface area contributed by atoms with Crippen LogP contribution in [0.2, 0.25) is 10.0 Å². The second-order valence-electron chi connectivity index (χ2n) is 7.89. The third kappa shape index (κ3) is 4.72. The van der Waals surface area contributed by atoms with Crippen molar-refractivity contribution in [3.8, 4) is 11.5 Å². The van der Waals surface area contributed by atoms with Crippen LogP contribution in [-0.4, -0.2) is 30.5 Å². The van der Waals surface area contributed by atoms with Crippen molar-refractivity contribution in [2.75, 3.05) is 18.6 Å². The number of ether oxygens (including phenoxy) is 2. The summed E-state index contributed by atoms with van der Waals surface area (Å²) in [6, 6.07) is 18.0. The molecule has 1 unspecified atom stereocenters. The maximum Gasteiger partial charge on any atom is 0.300 e. The molecule has 3 aromatic carbocycles. The zero-order valence-corrected chi connectivity index (χ0v) is 20.6. The first kappa shape index (κ1) is 24.6. The summed E-state index contributed by atoms with van der Waals surface area (Å²) in [6.45, 7) is 2.51. The van der Waals surface area contributed by atoms with Crippen LogP contribution in [0.15, 0.2) is 72.3 Å². The van der Waals surface area contributed by atoms with Crippen LogP contribution in [0.3, 0.4) is 0 Å². The SMILES string of the molecule is CCCOc1cccc(N2C(=O)C(=O)/C(=C(/O)c3cc(Cl)cc(Cl)c3OC)C2c2ccccc2)c1. The van der Waals surface area contributed by atoms with E-state index in [4.69, 9.17) is 32.7 Å². The molecule has 6 nitrogen and oxygen atoms in total. The second-order valence-corrected chi connectivity index (χ2v) is 8.74. The summed E-state index contributed by atoms with van der Waals surface area (Å²) < 4.78 is 11.1. The molecular formula is C27H23Cl2NO5. The summed E-state index contributed by atoms with van der Waals surface area (Å²) in [4.78, 5) is 28.1. The largest absolute Gasteiger partial charge is 0.507 e. The predicted molar refractivity (Wildman–Crippen MR) is 136 cm³/mol. The van der Waals surface area contributed by atoms with Crippen molar-refractivity contribution in [3.05, 3.63) is 93.5 Å². The number of aliphatic hydroxyl groups excluding tert-OH is 1. The van der Waals surface area contributed by atoms with Crippen LogP contribution in [0.25, 0.3) is 5.76 Å². The third-order valence-electron chi connectivity index (χ3n) is 5.60. The standard InChI is InChI=1S/C27H23Cl2NO5/c1-3-12-35-19-11-7-10-18(15-19)30-23(16-8-5-4-6-9-16)22(25(32)27(30)33)24(31)20-13-17(28)14-21(29)26(20)34-2/h4-11,13-15,23,31H,3,12H2,1-2H3/b24-22+. The molecule has 0 aliphatic carbocycles. The zero-order valence-electron chi connectivity index (χ0n) is 19.1. The molecule has 1 fully saturated rings. The number of amides is 1. The first-order valence-corrected chi connectivity index (χ1v) is 11.7. The van der Waals surface area contributed by atoms with Gasteiger partial charge < -0.3 is 14.6 Å². The first-order valence-electron chi connectivity index (χ1n) is 11.0. The van der Waals surface area contributed by atoms with Crippen molar-refractivity contribution < 1.29 is 24.2 Å². The summed E-state index contributed by atoms with van der Waals surface area (Å²) in [5.74, 6) is -1.34. The Morgan fingerprint density at radius 1 is 1.03 bits per heavy atom.